The molecule has 0 saturated heterocycles. The third-order valence-corrected chi connectivity index (χ3v) is 4.81. The number of hydrogen-bond donors (Lipinski definition) is 1. The summed E-state index contributed by atoms with van der Waals surface area (Å²) >= 11 is 0. The smallest absolute Gasteiger partial charge is 0.148 e. The van der Waals surface area contributed by atoms with Crippen LogP contribution in [0.25, 0.3) is 0 Å². The van der Waals surface area contributed by atoms with E-state index in [0.29, 0.717) is 6.54 Å². The fourth-order valence-electron chi connectivity index (χ4n) is 2.75. The van der Waals surface area contributed by atoms with E-state index in [4.69, 9.17) is 0 Å². The molecule has 20 heavy (non-hydrogen) atoms. The van der Waals surface area contributed by atoms with Crippen LogP contribution in [0.3, 0.4) is 0 Å². The van der Waals surface area contributed by atoms with Gasteiger partial charge in [0.15, 0.2) is 0 Å². The number of nitrogens with zero attached hydrogens (tertiary/aromatic N) is 1. The summed E-state index contributed by atoms with van der Waals surface area (Å²) in [7, 11) is -0.789. The van der Waals surface area contributed by atoms with Crippen LogP contribution in [0.15, 0.2) is 18.2 Å². The zero-order chi connectivity index (χ0) is 14.8. The number of nitrogens with one attached hydrogen (secondary N) is 1. The van der Waals surface area contributed by atoms with Gasteiger partial charge in [0.1, 0.15) is 9.84 Å². The molecule has 1 atom stereocenters. The van der Waals surface area contributed by atoms with Gasteiger partial charge in [-0.05, 0) is 37.0 Å². The second kappa shape index (κ2) is 6.14. The molecule has 1 aliphatic rings. The molecule has 2 rings (SSSR count). The van der Waals surface area contributed by atoms with Gasteiger partial charge in [-0.25, -0.2) is 8.42 Å². The Kier molecular flexibility index (Phi) is 4.70. The molecule has 1 N–H and O–H groups in total. The van der Waals surface area contributed by atoms with Gasteiger partial charge < -0.3 is 10.2 Å². The number of fused-ring (bicyclic) bond motifs is 1. The van der Waals surface area contributed by atoms with Crippen molar-refractivity contribution in [1.82, 2.24) is 5.32 Å². The normalized spacial score (nSPS) is 16.9. The molecule has 1 aliphatic heterocycles. The molecule has 0 amide bonds. The van der Waals surface area contributed by atoms with Crippen LogP contribution in [-0.4, -0.2) is 40.1 Å². The molecule has 0 saturated carbocycles. The largest absolute Gasteiger partial charge is 0.374 e. The summed E-state index contributed by atoms with van der Waals surface area (Å²) in [6.45, 7) is 3.75. The lowest BCUT2D eigenvalue weighted by Crippen LogP contribution is -2.32. The highest BCUT2D eigenvalue weighted by molar-refractivity contribution is 7.90. The van der Waals surface area contributed by atoms with Gasteiger partial charge in [-0.15, -0.1) is 0 Å². The first-order valence-electron chi connectivity index (χ1n) is 7.09. The standard InChI is InChI=1S/C15H24N2O2S/c1-12(11-20(3,18)19)16-10-13-6-7-15-14(9-13)5-4-8-17(15)2/h6-7,9,12,16H,4-5,8,10-11H2,1-3H3. The van der Waals surface area contributed by atoms with Crippen molar-refractivity contribution in [1.29, 1.82) is 0 Å². The van der Waals surface area contributed by atoms with Gasteiger partial charge in [-0.3, -0.25) is 0 Å². The summed E-state index contributed by atoms with van der Waals surface area (Å²) in [6.07, 6.45) is 3.61. The third kappa shape index (κ3) is 4.21. The van der Waals surface area contributed by atoms with Crippen molar-refractivity contribution < 1.29 is 8.42 Å². The lowest BCUT2D eigenvalue weighted by molar-refractivity contribution is 0.560. The second-order valence-corrected chi connectivity index (χ2v) is 8.05. The molecule has 0 aromatic heterocycles. The Balaban J connectivity index is 1.97. The molecule has 0 fully saturated rings. The molecular formula is C15H24N2O2S. The summed E-state index contributed by atoms with van der Waals surface area (Å²) in [6, 6.07) is 6.52. The van der Waals surface area contributed by atoms with Gasteiger partial charge in [-0.1, -0.05) is 12.1 Å². The fourth-order valence-corrected chi connectivity index (χ4v) is 3.78. The van der Waals surface area contributed by atoms with Crippen LogP contribution < -0.4 is 10.2 Å². The van der Waals surface area contributed by atoms with Crippen molar-refractivity contribution in [2.75, 3.05) is 30.5 Å². The number of rotatable bonds is 5. The van der Waals surface area contributed by atoms with Gasteiger partial charge in [0.05, 0.1) is 5.75 Å². The monoisotopic (exact) mass is 296 g/mol. The van der Waals surface area contributed by atoms with Crippen LogP contribution in [0.4, 0.5) is 5.69 Å². The molecular weight excluding hydrogens is 272 g/mol. The van der Waals surface area contributed by atoms with Crippen molar-refractivity contribution in [3.63, 3.8) is 0 Å². The number of hydrogen-bond acceptors (Lipinski definition) is 4. The van der Waals surface area contributed by atoms with Crippen molar-refractivity contribution in [2.45, 2.75) is 32.4 Å². The minimum Gasteiger partial charge on any atom is -0.374 e. The summed E-state index contributed by atoms with van der Waals surface area (Å²) in [5.74, 6) is 0.181. The van der Waals surface area contributed by atoms with E-state index in [1.165, 1.54) is 29.5 Å². The molecule has 5 heteroatoms. The van der Waals surface area contributed by atoms with Crippen LogP contribution in [0.5, 0.6) is 0 Å². The number of aryl methyl sites for hydroxylation is 1. The minimum atomic E-state index is -2.92. The average molecular weight is 296 g/mol. The van der Waals surface area contributed by atoms with Gasteiger partial charge in [-0.2, -0.15) is 0 Å². The summed E-state index contributed by atoms with van der Waals surface area (Å²) < 4.78 is 22.5. The van der Waals surface area contributed by atoms with Crippen LogP contribution in [0, 0.1) is 0 Å². The maximum absolute atomic E-state index is 11.2. The predicted molar refractivity (Wildman–Crippen MR) is 84.0 cm³/mol. The third-order valence-electron chi connectivity index (χ3n) is 3.70. The Morgan fingerprint density at radius 1 is 1.40 bits per heavy atom. The van der Waals surface area contributed by atoms with Crippen molar-refractivity contribution in [3.05, 3.63) is 29.3 Å². The van der Waals surface area contributed by atoms with Crippen LogP contribution >= 0.6 is 0 Å². The highest BCUT2D eigenvalue weighted by Gasteiger charge is 2.14. The molecule has 1 aromatic carbocycles. The second-order valence-electron chi connectivity index (χ2n) is 5.86. The first-order chi connectivity index (χ1) is 9.35. The highest BCUT2D eigenvalue weighted by Crippen LogP contribution is 2.26. The molecule has 1 heterocycles. The Morgan fingerprint density at radius 2 is 2.15 bits per heavy atom. The lowest BCUT2D eigenvalue weighted by Gasteiger charge is -2.28. The van der Waals surface area contributed by atoms with E-state index in [-0.39, 0.29) is 11.8 Å². The SMILES string of the molecule is CC(CS(C)(=O)=O)NCc1ccc2c(c1)CCCN2C. The summed E-state index contributed by atoms with van der Waals surface area (Å²) in [4.78, 5) is 2.29. The lowest BCUT2D eigenvalue weighted by atomic mass is 9.99. The molecule has 0 aliphatic carbocycles. The van der Waals surface area contributed by atoms with Crippen molar-refractivity contribution in [3.8, 4) is 0 Å². The minimum absolute atomic E-state index is 0.0243. The number of benzene rings is 1. The maximum atomic E-state index is 11.2. The average Bonchev–Trinajstić information content (AvgIpc) is 2.34. The topological polar surface area (TPSA) is 49.4 Å². The quantitative estimate of drug-likeness (QED) is 0.896. The van der Waals surface area contributed by atoms with E-state index < -0.39 is 9.84 Å². The predicted octanol–water partition coefficient (Wildman–Crippen LogP) is 1.59. The Labute approximate surface area is 122 Å². The first kappa shape index (κ1) is 15.3. The van der Waals surface area contributed by atoms with Crippen LogP contribution in [0.1, 0.15) is 24.5 Å². The molecule has 4 nitrogen and oxygen atoms in total. The molecule has 0 bridgehead atoms. The van der Waals surface area contributed by atoms with E-state index in [1.807, 2.05) is 6.92 Å². The van der Waals surface area contributed by atoms with Crippen molar-refractivity contribution in [2.24, 2.45) is 0 Å². The summed E-state index contributed by atoms with van der Waals surface area (Å²) in [5, 5.41) is 3.28. The zero-order valence-electron chi connectivity index (χ0n) is 12.5. The van der Waals surface area contributed by atoms with E-state index in [9.17, 15) is 8.42 Å². The van der Waals surface area contributed by atoms with Crippen LogP contribution in [-0.2, 0) is 22.8 Å². The van der Waals surface area contributed by atoms with Gasteiger partial charge in [0.25, 0.3) is 0 Å². The Morgan fingerprint density at radius 3 is 2.85 bits per heavy atom. The fraction of sp³-hybridized carbons (Fsp3) is 0.600. The molecule has 1 unspecified atom stereocenters. The van der Waals surface area contributed by atoms with E-state index in [2.05, 4.69) is 35.5 Å². The first-order valence-corrected chi connectivity index (χ1v) is 9.15. The highest BCUT2D eigenvalue weighted by atomic mass is 32.2. The Bertz CT molecular complexity index is 569. The number of sulfone groups is 1. The van der Waals surface area contributed by atoms with E-state index in [1.54, 1.807) is 0 Å². The molecule has 0 spiro atoms. The molecule has 112 valence electrons. The van der Waals surface area contributed by atoms with Gasteiger partial charge in [0.2, 0.25) is 0 Å². The van der Waals surface area contributed by atoms with E-state index in [0.717, 1.165) is 13.0 Å². The number of anilines is 1. The van der Waals surface area contributed by atoms with Gasteiger partial charge >= 0.3 is 0 Å². The van der Waals surface area contributed by atoms with E-state index >= 15 is 0 Å². The van der Waals surface area contributed by atoms with Gasteiger partial charge in [0, 0.05) is 38.1 Å². The Hall–Kier alpha value is -1.07. The van der Waals surface area contributed by atoms with Crippen molar-refractivity contribution >= 4 is 15.5 Å². The van der Waals surface area contributed by atoms with Crippen LogP contribution in [0.2, 0.25) is 0 Å². The molecule has 0 radical (unpaired) electrons. The zero-order valence-corrected chi connectivity index (χ0v) is 13.3. The summed E-state index contributed by atoms with van der Waals surface area (Å²) in [5.41, 5.74) is 3.94. The molecule has 1 aromatic rings. The maximum Gasteiger partial charge on any atom is 0.148 e.